The van der Waals surface area contributed by atoms with Crippen molar-refractivity contribution >= 4 is 5.84 Å². The first-order valence-electron chi connectivity index (χ1n) is 5.73. The zero-order valence-electron chi connectivity index (χ0n) is 9.60. The number of benzene rings is 1. The molecule has 5 heteroatoms. The van der Waals surface area contributed by atoms with Crippen LogP contribution in [-0.2, 0) is 0 Å². The van der Waals surface area contributed by atoms with E-state index in [1.54, 1.807) is 0 Å². The Kier molecular flexibility index (Phi) is 3.82. The average Bonchev–Trinajstić information content (AvgIpc) is 2.39. The second-order valence-corrected chi connectivity index (χ2v) is 4.02. The van der Waals surface area contributed by atoms with Crippen molar-refractivity contribution in [3.05, 3.63) is 29.8 Å². The zero-order valence-corrected chi connectivity index (χ0v) is 9.60. The Balaban J connectivity index is 1.95. The first kappa shape index (κ1) is 11.7. The summed E-state index contributed by atoms with van der Waals surface area (Å²) in [7, 11) is 0. The normalized spacial score (nSPS) is 19.5. The van der Waals surface area contributed by atoms with Crippen molar-refractivity contribution in [2.45, 2.75) is 18.9 Å². The molecule has 0 spiro atoms. The van der Waals surface area contributed by atoms with Crippen LogP contribution in [0.4, 0.5) is 0 Å². The molecule has 17 heavy (non-hydrogen) atoms. The molecule has 1 aromatic carbocycles. The lowest BCUT2D eigenvalue weighted by molar-refractivity contribution is 0.253. The van der Waals surface area contributed by atoms with Gasteiger partial charge in [0.2, 0.25) is 0 Å². The molecular weight excluding hydrogens is 218 g/mol. The molecule has 1 aliphatic rings. The van der Waals surface area contributed by atoms with Gasteiger partial charge in [-0.2, -0.15) is 0 Å². The van der Waals surface area contributed by atoms with Crippen LogP contribution in [0.25, 0.3) is 0 Å². The molecule has 1 aliphatic heterocycles. The minimum absolute atomic E-state index is 0.248. The van der Waals surface area contributed by atoms with Gasteiger partial charge in [-0.05, 0) is 6.07 Å². The Bertz CT molecular complexity index is 406. The van der Waals surface area contributed by atoms with Gasteiger partial charge in [0.15, 0.2) is 0 Å². The molecule has 0 aliphatic carbocycles. The predicted octanol–water partition coefficient (Wildman–Crippen LogP) is 1.24. The summed E-state index contributed by atoms with van der Waals surface area (Å²) in [4.78, 5) is 0. The summed E-state index contributed by atoms with van der Waals surface area (Å²) in [6.45, 7) is 1.41. The lowest BCUT2D eigenvalue weighted by atomic mass is 10.0. The van der Waals surface area contributed by atoms with E-state index >= 15 is 0 Å². The van der Waals surface area contributed by atoms with Gasteiger partial charge in [0.1, 0.15) is 11.6 Å². The fourth-order valence-electron chi connectivity index (χ4n) is 1.98. The third-order valence-corrected chi connectivity index (χ3v) is 2.86. The number of hydrogen-bond donors (Lipinski definition) is 3. The van der Waals surface area contributed by atoms with Crippen molar-refractivity contribution in [3.8, 4) is 5.75 Å². The molecule has 4 N–H and O–H groups in total. The number of amidine groups is 1. The van der Waals surface area contributed by atoms with Crippen LogP contribution in [0.5, 0.6) is 5.75 Å². The Labute approximate surface area is 100 Å². The number of nitrogens with two attached hydrogens (primary N) is 1. The van der Waals surface area contributed by atoms with Crippen LogP contribution in [-0.4, -0.2) is 24.2 Å². The van der Waals surface area contributed by atoms with Gasteiger partial charge in [0, 0.05) is 31.0 Å². The van der Waals surface area contributed by atoms with E-state index in [9.17, 15) is 0 Å². The molecule has 1 unspecified atom stereocenters. The van der Waals surface area contributed by atoms with E-state index in [1.807, 2.05) is 18.2 Å². The van der Waals surface area contributed by atoms with Gasteiger partial charge in [-0.1, -0.05) is 23.4 Å². The Morgan fingerprint density at radius 2 is 2.35 bits per heavy atom. The van der Waals surface area contributed by atoms with E-state index < -0.39 is 0 Å². The number of fused-ring (bicyclic) bond motifs is 1. The lowest BCUT2D eigenvalue weighted by Gasteiger charge is -2.26. The van der Waals surface area contributed by atoms with Crippen LogP contribution >= 0.6 is 0 Å². The highest BCUT2D eigenvalue weighted by atomic mass is 16.5. The second-order valence-electron chi connectivity index (χ2n) is 4.02. The third kappa shape index (κ3) is 2.88. The van der Waals surface area contributed by atoms with Crippen LogP contribution in [0.3, 0.4) is 0 Å². The number of hydrogen-bond acceptors (Lipinski definition) is 4. The quantitative estimate of drug-likeness (QED) is 0.317. The first-order chi connectivity index (χ1) is 8.31. The maximum absolute atomic E-state index is 8.44. The molecule has 2 rings (SSSR count). The summed E-state index contributed by atoms with van der Waals surface area (Å²) in [5.74, 6) is 1.19. The Morgan fingerprint density at radius 3 is 3.18 bits per heavy atom. The predicted molar refractivity (Wildman–Crippen MR) is 65.3 cm³/mol. The standard InChI is InChI=1S/C12H17N3O2/c13-12(15-16)5-7-14-10-6-8-17-11-4-2-1-3-9(10)11/h1-4,10,14,16H,5-8H2,(H2,13,15). The molecule has 1 atom stereocenters. The summed E-state index contributed by atoms with van der Waals surface area (Å²) in [5, 5.41) is 14.8. The van der Waals surface area contributed by atoms with Crippen LogP contribution < -0.4 is 15.8 Å². The van der Waals surface area contributed by atoms with Crippen molar-refractivity contribution in [1.82, 2.24) is 5.32 Å². The molecule has 0 radical (unpaired) electrons. The number of rotatable bonds is 4. The summed E-state index contributed by atoms with van der Waals surface area (Å²) >= 11 is 0. The largest absolute Gasteiger partial charge is 0.493 e. The minimum atomic E-state index is 0.248. The van der Waals surface area contributed by atoms with Crippen LogP contribution in [0.15, 0.2) is 29.4 Å². The summed E-state index contributed by atoms with van der Waals surface area (Å²) < 4.78 is 5.57. The molecule has 0 saturated carbocycles. The van der Waals surface area contributed by atoms with Crippen molar-refractivity contribution in [1.29, 1.82) is 0 Å². The van der Waals surface area contributed by atoms with E-state index in [0.29, 0.717) is 13.0 Å². The van der Waals surface area contributed by atoms with Crippen molar-refractivity contribution in [2.24, 2.45) is 10.9 Å². The number of oxime groups is 1. The van der Waals surface area contributed by atoms with Gasteiger partial charge in [0.05, 0.1) is 6.61 Å². The molecule has 0 bridgehead atoms. The molecule has 1 aromatic rings. The molecular formula is C12H17N3O2. The van der Waals surface area contributed by atoms with Gasteiger partial charge >= 0.3 is 0 Å². The number of nitrogens with one attached hydrogen (secondary N) is 1. The topological polar surface area (TPSA) is 79.9 Å². The Morgan fingerprint density at radius 1 is 1.53 bits per heavy atom. The van der Waals surface area contributed by atoms with E-state index in [-0.39, 0.29) is 11.9 Å². The second kappa shape index (κ2) is 5.54. The highest BCUT2D eigenvalue weighted by Gasteiger charge is 2.19. The van der Waals surface area contributed by atoms with Gasteiger partial charge in [-0.3, -0.25) is 0 Å². The van der Waals surface area contributed by atoms with Gasteiger partial charge in [-0.25, -0.2) is 0 Å². The number of ether oxygens (including phenoxy) is 1. The van der Waals surface area contributed by atoms with Crippen molar-refractivity contribution in [3.63, 3.8) is 0 Å². The third-order valence-electron chi connectivity index (χ3n) is 2.86. The fourth-order valence-corrected chi connectivity index (χ4v) is 1.98. The monoisotopic (exact) mass is 235 g/mol. The first-order valence-corrected chi connectivity index (χ1v) is 5.73. The smallest absolute Gasteiger partial charge is 0.140 e. The van der Waals surface area contributed by atoms with Crippen molar-refractivity contribution in [2.75, 3.05) is 13.2 Å². The SMILES string of the molecule is N/C(CCNC1CCOc2ccccc21)=N\O. The van der Waals surface area contributed by atoms with Crippen LogP contribution in [0.2, 0.25) is 0 Å². The summed E-state index contributed by atoms with van der Waals surface area (Å²) in [5.41, 5.74) is 6.60. The average molecular weight is 235 g/mol. The minimum Gasteiger partial charge on any atom is -0.493 e. The van der Waals surface area contributed by atoms with Gasteiger partial charge in [0.25, 0.3) is 0 Å². The molecule has 0 saturated heterocycles. The highest BCUT2D eigenvalue weighted by molar-refractivity contribution is 5.79. The lowest BCUT2D eigenvalue weighted by Crippen LogP contribution is -2.30. The summed E-state index contributed by atoms with van der Waals surface area (Å²) in [6, 6.07) is 8.30. The number of nitrogens with zero attached hydrogens (tertiary/aromatic N) is 1. The molecule has 92 valence electrons. The zero-order chi connectivity index (χ0) is 12.1. The summed E-state index contributed by atoms with van der Waals surface area (Å²) in [6.07, 6.45) is 1.48. The van der Waals surface area contributed by atoms with E-state index in [0.717, 1.165) is 18.8 Å². The van der Waals surface area contributed by atoms with E-state index in [1.165, 1.54) is 5.56 Å². The highest BCUT2D eigenvalue weighted by Crippen LogP contribution is 2.31. The number of para-hydroxylation sites is 1. The van der Waals surface area contributed by atoms with Crippen LogP contribution in [0, 0.1) is 0 Å². The van der Waals surface area contributed by atoms with Crippen molar-refractivity contribution < 1.29 is 9.94 Å². The van der Waals surface area contributed by atoms with Gasteiger partial charge < -0.3 is 21.0 Å². The molecule has 0 aromatic heterocycles. The van der Waals surface area contributed by atoms with Crippen LogP contribution in [0.1, 0.15) is 24.4 Å². The van der Waals surface area contributed by atoms with Gasteiger partial charge in [-0.15, -0.1) is 0 Å². The maximum Gasteiger partial charge on any atom is 0.140 e. The maximum atomic E-state index is 8.44. The fraction of sp³-hybridized carbons (Fsp3) is 0.417. The molecule has 5 nitrogen and oxygen atoms in total. The van der Waals surface area contributed by atoms with E-state index in [4.69, 9.17) is 15.7 Å². The molecule has 1 heterocycles. The van der Waals surface area contributed by atoms with E-state index in [2.05, 4.69) is 16.5 Å². The molecule has 0 amide bonds. The molecule has 0 fully saturated rings. The Hall–Kier alpha value is -1.75.